The summed E-state index contributed by atoms with van der Waals surface area (Å²) in [7, 11) is 7.47. The van der Waals surface area contributed by atoms with Crippen molar-refractivity contribution >= 4 is 96.7 Å². The van der Waals surface area contributed by atoms with E-state index in [0.29, 0.717) is 68.1 Å². The number of likely N-dealkylation sites (tertiary alicyclic amines) is 3. The lowest BCUT2D eigenvalue weighted by atomic mass is 9.89. The van der Waals surface area contributed by atoms with Crippen LogP contribution in [0.15, 0.2) is 165 Å². The van der Waals surface area contributed by atoms with Gasteiger partial charge in [0.2, 0.25) is 0 Å². The third kappa shape index (κ3) is 16.9. The number of aromatic carboxylic acids is 2. The highest BCUT2D eigenvalue weighted by Gasteiger charge is 2.29. The fourth-order valence-electron chi connectivity index (χ4n) is 12.8. The molecule has 3 fully saturated rings. The van der Waals surface area contributed by atoms with Gasteiger partial charge < -0.3 is 50.7 Å². The van der Waals surface area contributed by atoms with Gasteiger partial charge in [-0.1, -0.05) is 0 Å². The van der Waals surface area contributed by atoms with E-state index in [9.17, 15) is 42.3 Å². The zero-order valence-corrected chi connectivity index (χ0v) is 58.0. The number of Topliss-reactive ketones (excluding diaryl/α,β-unsaturated/α-hetero) is 2. The van der Waals surface area contributed by atoms with Crippen LogP contribution in [0.2, 0.25) is 0 Å². The van der Waals surface area contributed by atoms with Crippen molar-refractivity contribution in [1.29, 1.82) is 0 Å². The van der Waals surface area contributed by atoms with Crippen LogP contribution in [0, 0.1) is 35.2 Å². The lowest BCUT2D eigenvalue weighted by Gasteiger charge is -2.31. The molecule has 6 N–H and O–H groups in total. The quantitative estimate of drug-likeness (QED) is 0.0343. The summed E-state index contributed by atoms with van der Waals surface area (Å²) in [6.45, 7) is 5.51. The van der Waals surface area contributed by atoms with Gasteiger partial charge in [-0.3, -0.25) is 9.59 Å². The van der Waals surface area contributed by atoms with Gasteiger partial charge in [-0.25, -0.2) is 71.5 Å². The molecule has 0 radical (unpaired) electrons. The molecule has 3 aliphatic rings. The standard InChI is InChI=1S/C26H25FN6O3.C25H25FN6O3.C25H23FN6O3/c1-32-10-7-16(8-11-32)25(34)21-5-3-17-15-28-24(14-23(17)29-21)30-20-6-4-18(13-19(20)27)33-12-9-22(31-33)26(35)36-2;2*1-31-9-6-15(7-10-31)24(33)20-4-2-16-14-27-23(13-22(16)28-20)29-19-5-3-17(12-18(19)26)32-11-8-21(30-32)25(34)35/h3-6,9,12-16H,7-8,10-11H2,1-2H3,(H,28,30);2-5,8,11-15,24,33H,6-7,9-10H2,1H3,(H,27,29)(H,34,35);2-5,8,11-15H,6-7,9-10H2,1H3,(H,27,29)(H,34,35). The summed E-state index contributed by atoms with van der Waals surface area (Å²) in [5.41, 5.74) is 5.03. The van der Waals surface area contributed by atoms with Crippen molar-refractivity contribution < 1.29 is 57.2 Å². The summed E-state index contributed by atoms with van der Waals surface area (Å²) in [6.07, 6.45) is 13.9. The zero-order chi connectivity index (χ0) is 74.3. The fourth-order valence-corrected chi connectivity index (χ4v) is 12.8. The number of halogens is 3. The number of carboxylic acid groups (broad SMARTS) is 2. The van der Waals surface area contributed by atoms with Crippen LogP contribution in [0.25, 0.3) is 49.8 Å². The molecular formula is C76H73F3N18O9. The van der Waals surface area contributed by atoms with E-state index < -0.39 is 41.5 Å². The molecule has 0 aliphatic carbocycles. The number of carboxylic acids is 2. The van der Waals surface area contributed by atoms with Crippen LogP contribution in [-0.2, 0) is 4.74 Å². The van der Waals surface area contributed by atoms with E-state index in [-0.39, 0.29) is 63.5 Å². The van der Waals surface area contributed by atoms with E-state index in [1.54, 1.807) is 79.4 Å². The maximum atomic E-state index is 14.9. The number of rotatable bonds is 18. The van der Waals surface area contributed by atoms with Crippen LogP contribution in [0.5, 0.6) is 0 Å². The largest absolute Gasteiger partial charge is 0.476 e. The predicted molar refractivity (Wildman–Crippen MR) is 389 cm³/mol. The number of aliphatic hydroxyl groups excluding tert-OH is 1. The molecule has 12 heterocycles. The summed E-state index contributed by atoms with van der Waals surface area (Å²) >= 11 is 0. The second-order valence-electron chi connectivity index (χ2n) is 26.3. The van der Waals surface area contributed by atoms with Crippen molar-refractivity contribution in [3.63, 3.8) is 0 Å². The molecule has 3 saturated heterocycles. The maximum Gasteiger partial charge on any atom is 0.358 e. The maximum absolute atomic E-state index is 14.9. The summed E-state index contributed by atoms with van der Waals surface area (Å²) < 4.78 is 53.1. The Morgan fingerprint density at radius 3 is 1.15 bits per heavy atom. The highest BCUT2D eigenvalue weighted by molar-refractivity contribution is 5.99. The Morgan fingerprint density at radius 1 is 0.443 bits per heavy atom. The SMILES string of the molecule is CN1CCC(C(=O)c2ccc3cnc(Nc4ccc(-n5ccc(C(=O)O)n5)cc4F)cc3n2)CC1.CN1CCC(C(O)c2ccc3cnc(Nc4ccc(-n5ccc(C(=O)O)n5)cc4F)cc3n2)CC1.COC(=O)c1ccn(-c2ccc(Nc3cc4nc(C(=O)C5CCN(C)CC5)ccc4cn3)c(F)c2)n1. The van der Waals surface area contributed by atoms with Gasteiger partial charge in [0.15, 0.2) is 28.6 Å². The second kappa shape index (κ2) is 31.8. The minimum absolute atomic E-state index is 0.0170. The Hall–Kier alpha value is -12.3. The molecular weight excluding hydrogens is 1370 g/mol. The number of hydrogen-bond donors (Lipinski definition) is 6. The topological polar surface area (TPSA) is 332 Å². The average Bonchev–Trinajstić information content (AvgIpc) is 0.991. The number of anilines is 6. The monoisotopic (exact) mass is 1440 g/mol. The molecule has 30 heteroatoms. The first-order chi connectivity index (χ1) is 51.1. The van der Waals surface area contributed by atoms with Crippen molar-refractivity contribution in [2.45, 2.75) is 44.6 Å². The number of carbonyl (C=O) groups is 5. The van der Waals surface area contributed by atoms with E-state index in [1.165, 1.54) is 82.1 Å². The molecule has 0 amide bonds. The van der Waals surface area contributed by atoms with Crippen molar-refractivity contribution in [2.24, 2.45) is 17.8 Å². The van der Waals surface area contributed by atoms with Crippen molar-refractivity contribution in [3.8, 4) is 17.1 Å². The molecule has 3 aliphatic heterocycles. The third-order valence-corrected chi connectivity index (χ3v) is 19.0. The lowest BCUT2D eigenvalue weighted by molar-refractivity contribution is 0.0591. The van der Waals surface area contributed by atoms with Crippen LogP contribution in [0.3, 0.4) is 0 Å². The Morgan fingerprint density at radius 2 is 0.792 bits per heavy atom. The van der Waals surface area contributed by atoms with Crippen LogP contribution < -0.4 is 16.0 Å². The molecule has 3 aromatic carbocycles. The minimum atomic E-state index is -1.16. The summed E-state index contributed by atoms with van der Waals surface area (Å²) in [4.78, 5) is 93.1. The van der Waals surface area contributed by atoms with E-state index in [0.717, 1.165) is 94.0 Å². The van der Waals surface area contributed by atoms with Gasteiger partial charge >= 0.3 is 17.9 Å². The molecule has 1 unspecified atom stereocenters. The molecule has 15 rings (SSSR count). The Labute approximate surface area is 604 Å². The van der Waals surface area contributed by atoms with Gasteiger partial charge in [0.1, 0.15) is 46.3 Å². The van der Waals surface area contributed by atoms with Gasteiger partial charge in [-0.05, 0) is 196 Å². The number of esters is 1. The smallest absolute Gasteiger partial charge is 0.358 e. The Balaban J connectivity index is 0.000000141. The van der Waals surface area contributed by atoms with Gasteiger partial charge in [-0.2, -0.15) is 15.3 Å². The number of aromatic nitrogens is 12. The van der Waals surface area contributed by atoms with Crippen LogP contribution in [-0.4, -0.2) is 186 Å². The first kappa shape index (κ1) is 72.1. The van der Waals surface area contributed by atoms with Crippen LogP contribution in [0.4, 0.5) is 47.7 Å². The fraction of sp³-hybridized carbons (Fsp3) is 0.263. The number of carbonyl (C=O) groups excluding carboxylic acids is 3. The molecule has 0 saturated carbocycles. The first-order valence-corrected chi connectivity index (χ1v) is 34.2. The normalized spacial score (nSPS) is 15.1. The predicted octanol–water partition coefficient (Wildman–Crippen LogP) is 11.7. The number of hydrogen-bond acceptors (Lipinski definition) is 22. The van der Waals surface area contributed by atoms with E-state index >= 15 is 0 Å². The first-order valence-electron chi connectivity index (χ1n) is 34.2. The number of fused-ring (bicyclic) bond motifs is 3. The number of aliphatic hydroxyl groups is 1. The number of ketones is 2. The Bertz CT molecular complexity index is 5280. The molecule has 27 nitrogen and oxygen atoms in total. The molecule has 0 spiro atoms. The number of piperidine rings is 3. The number of benzene rings is 3. The number of pyridine rings is 6. The number of nitrogens with zero attached hydrogens (tertiary/aromatic N) is 15. The number of ether oxygens (including phenoxy) is 1. The van der Waals surface area contributed by atoms with Crippen molar-refractivity contribution in [2.75, 3.05) is 83.5 Å². The Kier molecular flexibility index (Phi) is 21.6. The van der Waals surface area contributed by atoms with E-state index in [4.69, 9.17) is 10.2 Å². The zero-order valence-electron chi connectivity index (χ0n) is 58.0. The molecule has 1 atom stereocenters. The summed E-state index contributed by atoms with van der Waals surface area (Å²) in [5.74, 6) is -3.07. The van der Waals surface area contributed by atoms with Gasteiger partial charge in [0, 0.05) is 102 Å². The summed E-state index contributed by atoms with van der Waals surface area (Å²) in [6, 6.07) is 33.5. The highest BCUT2D eigenvalue weighted by Crippen LogP contribution is 2.33. The molecule has 106 heavy (non-hydrogen) atoms. The molecule has 542 valence electrons. The van der Waals surface area contributed by atoms with Crippen molar-refractivity contribution in [3.05, 3.63) is 216 Å². The van der Waals surface area contributed by atoms with Crippen LogP contribution in [0.1, 0.15) is 103 Å². The van der Waals surface area contributed by atoms with Gasteiger partial charge in [-0.15, -0.1) is 0 Å². The van der Waals surface area contributed by atoms with Gasteiger partial charge in [0.25, 0.3) is 0 Å². The highest BCUT2D eigenvalue weighted by atomic mass is 19.1. The minimum Gasteiger partial charge on any atom is -0.476 e. The third-order valence-electron chi connectivity index (χ3n) is 19.0. The average molecular weight is 1440 g/mol. The lowest BCUT2D eigenvalue weighted by Crippen LogP contribution is -2.33. The van der Waals surface area contributed by atoms with E-state index in [1.807, 2.05) is 24.3 Å². The van der Waals surface area contributed by atoms with Gasteiger partial charge in [0.05, 0.1) is 69.6 Å². The van der Waals surface area contributed by atoms with Crippen LogP contribution >= 0.6 is 0 Å². The van der Waals surface area contributed by atoms with Crippen molar-refractivity contribution in [1.82, 2.24) is 73.9 Å². The molecule has 12 aromatic rings. The molecule has 9 aromatic heterocycles. The number of nitrogens with one attached hydrogen (secondary N) is 3. The second-order valence-corrected chi connectivity index (χ2v) is 26.3. The number of methoxy groups -OCH3 is 1. The van der Waals surface area contributed by atoms with E-state index in [2.05, 4.69) is 102 Å². The molecule has 0 bridgehead atoms. The summed E-state index contributed by atoms with van der Waals surface area (Å²) in [5, 5.41) is 52.1.